The Morgan fingerprint density at radius 2 is 1.62 bits per heavy atom. The molecule has 1 heterocycles. The highest BCUT2D eigenvalue weighted by atomic mass is 35.5. The smallest absolute Gasteiger partial charge is 0.267 e. The van der Waals surface area contributed by atoms with Crippen molar-refractivity contribution in [2.24, 2.45) is 0 Å². The molecule has 2 aromatic carbocycles. The van der Waals surface area contributed by atoms with Crippen LogP contribution in [0.25, 0.3) is 11.3 Å². The average molecular weight is 343 g/mol. The Morgan fingerprint density at radius 1 is 1.00 bits per heavy atom. The molecule has 0 unspecified atom stereocenters. The van der Waals surface area contributed by atoms with Gasteiger partial charge >= 0.3 is 0 Å². The number of hydrogen-bond acceptors (Lipinski definition) is 2. The summed E-state index contributed by atoms with van der Waals surface area (Å²) < 4.78 is 14.6. The third-order valence-corrected chi connectivity index (χ3v) is 4.31. The van der Waals surface area contributed by atoms with E-state index < -0.39 is 0 Å². The number of hydrogen-bond donors (Lipinski definition) is 0. The first kappa shape index (κ1) is 16.4. The molecule has 0 saturated carbocycles. The molecule has 0 aliphatic carbocycles. The minimum atomic E-state index is -0.303. The topological polar surface area (TPSA) is 34.9 Å². The molecule has 0 amide bonds. The van der Waals surface area contributed by atoms with Gasteiger partial charge in [-0.15, -0.1) is 0 Å². The fourth-order valence-corrected chi connectivity index (χ4v) is 2.65. The Morgan fingerprint density at radius 3 is 2.25 bits per heavy atom. The van der Waals surface area contributed by atoms with Crippen molar-refractivity contribution < 1.29 is 4.39 Å². The molecule has 3 rings (SSSR count). The molecule has 1 aromatic heterocycles. The molecule has 5 heteroatoms. The second kappa shape index (κ2) is 6.57. The van der Waals surface area contributed by atoms with Gasteiger partial charge in [-0.3, -0.25) is 4.79 Å². The Hall–Kier alpha value is -2.46. The van der Waals surface area contributed by atoms with Crippen molar-refractivity contribution in [2.75, 3.05) is 0 Å². The maximum Gasteiger partial charge on any atom is 0.270 e. The van der Waals surface area contributed by atoms with Crippen molar-refractivity contribution in [3.05, 3.63) is 86.4 Å². The Kier molecular flexibility index (Phi) is 4.49. The second-order valence-electron chi connectivity index (χ2n) is 5.69. The SMILES string of the molecule is Cc1c(-c2ccc(F)cc2)nn(Cc2ccc(Cl)cc2)c(=O)c1C. The van der Waals surface area contributed by atoms with Crippen LogP contribution in [0.3, 0.4) is 0 Å². The molecule has 0 saturated heterocycles. The first-order chi connectivity index (χ1) is 11.5. The van der Waals surface area contributed by atoms with Crippen LogP contribution in [0, 0.1) is 19.7 Å². The molecule has 0 radical (unpaired) electrons. The Balaban J connectivity index is 2.08. The molecule has 0 aliphatic rings. The van der Waals surface area contributed by atoms with E-state index in [0.29, 0.717) is 22.8 Å². The molecular formula is C19H16ClFN2O. The van der Waals surface area contributed by atoms with Crippen LogP contribution in [-0.2, 0) is 6.54 Å². The van der Waals surface area contributed by atoms with E-state index in [0.717, 1.165) is 16.7 Å². The van der Waals surface area contributed by atoms with E-state index in [1.165, 1.54) is 16.8 Å². The van der Waals surface area contributed by atoms with Gasteiger partial charge in [0, 0.05) is 16.1 Å². The zero-order valence-corrected chi connectivity index (χ0v) is 14.1. The second-order valence-corrected chi connectivity index (χ2v) is 6.13. The highest BCUT2D eigenvalue weighted by Crippen LogP contribution is 2.22. The summed E-state index contributed by atoms with van der Waals surface area (Å²) in [5.41, 5.74) is 3.70. The summed E-state index contributed by atoms with van der Waals surface area (Å²) in [4.78, 5) is 12.5. The first-order valence-corrected chi connectivity index (χ1v) is 7.92. The van der Waals surface area contributed by atoms with Crippen molar-refractivity contribution in [1.29, 1.82) is 0 Å². The molecule has 0 fully saturated rings. The van der Waals surface area contributed by atoms with E-state index >= 15 is 0 Å². The fourth-order valence-electron chi connectivity index (χ4n) is 2.52. The first-order valence-electron chi connectivity index (χ1n) is 7.54. The van der Waals surface area contributed by atoms with E-state index in [2.05, 4.69) is 5.10 Å². The van der Waals surface area contributed by atoms with Gasteiger partial charge in [0.25, 0.3) is 5.56 Å². The third-order valence-electron chi connectivity index (χ3n) is 4.06. The standard InChI is InChI=1S/C19H16ClFN2O/c1-12-13(2)19(24)23(11-14-3-7-16(20)8-4-14)22-18(12)15-5-9-17(21)10-6-15/h3-10H,11H2,1-2H3. The molecule has 0 N–H and O–H groups in total. The lowest BCUT2D eigenvalue weighted by molar-refractivity contribution is 0.626. The van der Waals surface area contributed by atoms with E-state index in [4.69, 9.17) is 11.6 Å². The van der Waals surface area contributed by atoms with E-state index in [1.54, 1.807) is 31.2 Å². The lowest BCUT2D eigenvalue weighted by Gasteiger charge is -2.13. The summed E-state index contributed by atoms with van der Waals surface area (Å²) in [6.45, 7) is 3.99. The Bertz CT molecular complexity index is 931. The van der Waals surface area contributed by atoms with Gasteiger partial charge in [0.05, 0.1) is 12.2 Å². The van der Waals surface area contributed by atoms with Crippen LogP contribution < -0.4 is 5.56 Å². The van der Waals surface area contributed by atoms with Crippen molar-refractivity contribution in [1.82, 2.24) is 9.78 Å². The number of aromatic nitrogens is 2. The minimum Gasteiger partial charge on any atom is -0.267 e. The van der Waals surface area contributed by atoms with Crippen LogP contribution in [-0.4, -0.2) is 9.78 Å². The summed E-state index contributed by atoms with van der Waals surface area (Å²) in [6.07, 6.45) is 0. The maximum absolute atomic E-state index is 13.2. The highest BCUT2D eigenvalue weighted by Gasteiger charge is 2.13. The fraction of sp³-hybridized carbons (Fsp3) is 0.158. The number of halogens is 2. The minimum absolute atomic E-state index is 0.131. The number of nitrogens with zero attached hydrogens (tertiary/aromatic N) is 2. The lowest BCUT2D eigenvalue weighted by atomic mass is 10.0. The summed E-state index contributed by atoms with van der Waals surface area (Å²) >= 11 is 5.90. The summed E-state index contributed by atoms with van der Waals surface area (Å²) in [6, 6.07) is 13.4. The molecule has 0 spiro atoms. The van der Waals surface area contributed by atoms with Gasteiger partial charge in [-0.25, -0.2) is 9.07 Å². The van der Waals surface area contributed by atoms with Gasteiger partial charge in [-0.1, -0.05) is 23.7 Å². The third kappa shape index (κ3) is 3.24. The summed E-state index contributed by atoms with van der Waals surface area (Å²) in [5, 5.41) is 5.14. The lowest BCUT2D eigenvalue weighted by Crippen LogP contribution is -2.27. The van der Waals surface area contributed by atoms with Crippen LogP contribution in [0.5, 0.6) is 0 Å². The Labute approximate surface area is 144 Å². The van der Waals surface area contributed by atoms with Crippen LogP contribution in [0.1, 0.15) is 16.7 Å². The largest absolute Gasteiger partial charge is 0.270 e. The quantitative estimate of drug-likeness (QED) is 0.708. The van der Waals surface area contributed by atoms with Crippen LogP contribution in [0.4, 0.5) is 4.39 Å². The normalized spacial score (nSPS) is 10.8. The molecular weight excluding hydrogens is 327 g/mol. The molecule has 3 aromatic rings. The van der Waals surface area contributed by atoms with Crippen molar-refractivity contribution in [2.45, 2.75) is 20.4 Å². The average Bonchev–Trinajstić information content (AvgIpc) is 2.58. The van der Waals surface area contributed by atoms with Crippen molar-refractivity contribution >= 4 is 11.6 Å². The summed E-state index contributed by atoms with van der Waals surface area (Å²) in [7, 11) is 0. The molecule has 0 atom stereocenters. The highest BCUT2D eigenvalue weighted by molar-refractivity contribution is 6.30. The van der Waals surface area contributed by atoms with Crippen LogP contribution in [0.2, 0.25) is 5.02 Å². The van der Waals surface area contributed by atoms with Gasteiger partial charge < -0.3 is 0 Å². The predicted octanol–water partition coefficient (Wildman–Crippen LogP) is 4.37. The van der Waals surface area contributed by atoms with E-state index in [1.807, 2.05) is 19.1 Å². The zero-order chi connectivity index (χ0) is 17.3. The summed E-state index contributed by atoms with van der Waals surface area (Å²) in [5.74, 6) is -0.303. The van der Waals surface area contributed by atoms with Gasteiger partial charge in [0.1, 0.15) is 5.82 Å². The van der Waals surface area contributed by atoms with Crippen LogP contribution >= 0.6 is 11.6 Å². The monoisotopic (exact) mass is 342 g/mol. The van der Waals surface area contributed by atoms with Gasteiger partial charge in [-0.2, -0.15) is 5.10 Å². The molecule has 0 bridgehead atoms. The molecule has 24 heavy (non-hydrogen) atoms. The maximum atomic E-state index is 13.2. The molecule has 122 valence electrons. The van der Waals surface area contributed by atoms with Gasteiger partial charge in [-0.05, 0) is 61.4 Å². The number of rotatable bonds is 3. The van der Waals surface area contributed by atoms with Gasteiger partial charge in [0.2, 0.25) is 0 Å². The van der Waals surface area contributed by atoms with Crippen LogP contribution in [0.15, 0.2) is 53.3 Å². The zero-order valence-electron chi connectivity index (χ0n) is 13.4. The van der Waals surface area contributed by atoms with Crippen molar-refractivity contribution in [3.8, 4) is 11.3 Å². The predicted molar refractivity (Wildman–Crippen MR) is 93.9 cm³/mol. The number of benzene rings is 2. The molecule has 3 nitrogen and oxygen atoms in total. The van der Waals surface area contributed by atoms with E-state index in [9.17, 15) is 9.18 Å². The van der Waals surface area contributed by atoms with Crippen molar-refractivity contribution in [3.63, 3.8) is 0 Å². The molecule has 0 aliphatic heterocycles. The van der Waals surface area contributed by atoms with Gasteiger partial charge in [0.15, 0.2) is 0 Å². The van der Waals surface area contributed by atoms with E-state index in [-0.39, 0.29) is 11.4 Å².